The van der Waals surface area contributed by atoms with E-state index in [1.807, 2.05) is 37.3 Å². The van der Waals surface area contributed by atoms with Crippen LogP contribution in [0, 0.1) is 5.92 Å². The van der Waals surface area contributed by atoms with E-state index in [4.69, 9.17) is 4.74 Å². The predicted octanol–water partition coefficient (Wildman–Crippen LogP) is 2.99. The number of carboxylic acid groups (broad SMARTS) is 1. The molecule has 2 aromatic rings. The molecule has 0 spiro atoms. The maximum Gasteiger partial charge on any atom is 0.308 e. The van der Waals surface area contributed by atoms with Crippen molar-refractivity contribution >= 4 is 11.9 Å². The molecular weight excluding hydrogens is 346 g/mol. The molecule has 2 heterocycles. The van der Waals surface area contributed by atoms with Gasteiger partial charge in [-0.15, -0.1) is 0 Å². The third-order valence-corrected chi connectivity index (χ3v) is 4.93. The van der Waals surface area contributed by atoms with E-state index in [0.717, 1.165) is 12.1 Å². The molecule has 7 heteroatoms. The van der Waals surface area contributed by atoms with E-state index in [1.165, 1.54) is 0 Å². The van der Waals surface area contributed by atoms with Crippen LogP contribution < -0.4 is 4.74 Å². The van der Waals surface area contributed by atoms with Crippen LogP contribution in [0.15, 0.2) is 36.5 Å². The summed E-state index contributed by atoms with van der Waals surface area (Å²) in [5, 5.41) is 13.9. The summed E-state index contributed by atoms with van der Waals surface area (Å²) in [4.78, 5) is 26.3. The third-order valence-electron chi connectivity index (χ3n) is 4.93. The topological polar surface area (TPSA) is 84.7 Å². The number of benzene rings is 1. The van der Waals surface area contributed by atoms with Gasteiger partial charge in [-0.2, -0.15) is 5.10 Å². The first kappa shape index (κ1) is 18.9. The molecule has 1 amide bonds. The van der Waals surface area contributed by atoms with Gasteiger partial charge in [0.15, 0.2) is 11.4 Å². The van der Waals surface area contributed by atoms with Gasteiger partial charge in [-0.1, -0.05) is 25.1 Å². The molecule has 7 nitrogen and oxygen atoms in total. The number of piperidine rings is 1. The van der Waals surface area contributed by atoms with E-state index in [9.17, 15) is 14.7 Å². The zero-order valence-electron chi connectivity index (χ0n) is 15.7. The van der Waals surface area contributed by atoms with Crippen molar-refractivity contribution in [2.24, 2.45) is 5.92 Å². The Morgan fingerprint density at radius 3 is 2.70 bits per heavy atom. The fourth-order valence-corrected chi connectivity index (χ4v) is 3.43. The number of ether oxygens (including phenoxy) is 1. The first-order chi connectivity index (χ1) is 13.0. The molecule has 27 heavy (non-hydrogen) atoms. The summed E-state index contributed by atoms with van der Waals surface area (Å²) < 4.78 is 7.39. The molecule has 0 bridgehead atoms. The van der Waals surface area contributed by atoms with Crippen LogP contribution in [-0.2, 0) is 4.79 Å². The molecule has 0 unspecified atom stereocenters. The summed E-state index contributed by atoms with van der Waals surface area (Å²) in [7, 11) is 0. The lowest BCUT2D eigenvalue weighted by Crippen LogP contribution is -2.49. The van der Waals surface area contributed by atoms with Crippen molar-refractivity contribution in [1.29, 1.82) is 0 Å². The number of amides is 1. The van der Waals surface area contributed by atoms with Crippen LogP contribution in [-0.4, -0.2) is 50.9 Å². The van der Waals surface area contributed by atoms with Crippen LogP contribution >= 0.6 is 0 Å². The molecule has 1 aliphatic heterocycles. The second kappa shape index (κ2) is 8.24. The van der Waals surface area contributed by atoms with Gasteiger partial charge in [0.25, 0.3) is 5.91 Å². The Kier molecular flexibility index (Phi) is 5.78. The number of likely N-dealkylation sites (tertiary alicyclic amines) is 1. The number of carboxylic acids is 1. The number of carbonyl (C=O) groups excluding carboxylic acids is 1. The molecule has 1 saturated heterocycles. The zero-order valence-corrected chi connectivity index (χ0v) is 15.7. The highest BCUT2D eigenvalue weighted by Gasteiger charge is 2.37. The van der Waals surface area contributed by atoms with E-state index >= 15 is 0 Å². The first-order valence-corrected chi connectivity index (χ1v) is 9.34. The Hall–Kier alpha value is -2.83. The Morgan fingerprint density at radius 1 is 1.30 bits per heavy atom. The Labute approximate surface area is 158 Å². The Balaban J connectivity index is 1.92. The summed E-state index contributed by atoms with van der Waals surface area (Å²) in [6.07, 6.45) is 3.77. The summed E-state index contributed by atoms with van der Waals surface area (Å²) in [5.74, 6) is -1.28. The molecule has 1 aliphatic rings. The number of aliphatic carboxylic acids is 1. The average Bonchev–Trinajstić information content (AvgIpc) is 3.10. The van der Waals surface area contributed by atoms with E-state index < -0.39 is 11.9 Å². The number of aromatic nitrogens is 2. The quantitative estimate of drug-likeness (QED) is 0.844. The van der Waals surface area contributed by atoms with Gasteiger partial charge in [-0.25, -0.2) is 4.68 Å². The largest absolute Gasteiger partial charge is 0.489 e. The second-order valence-electron chi connectivity index (χ2n) is 6.80. The van der Waals surface area contributed by atoms with Gasteiger partial charge < -0.3 is 14.7 Å². The van der Waals surface area contributed by atoms with Gasteiger partial charge in [-0.05, 0) is 38.3 Å². The van der Waals surface area contributed by atoms with Gasteiger partial charge >= 0.3 is 5.97 Å². The molecule has 144 valence electrons. The Morgan fingerprint density at radius 2 is 2.04 bits per heavy atom. The molecule has 0 saturated carbocycles. The van der Waals surface area contributed by atoms with E-state index in [0.29, 0.717) is 31.7 Å². The fraction of sp³-hybridized carbons (Fsp3) is 0.450. The maximum atomic E-state index is 13.2. The monoisotopic (exact) mass is 371 g/mol. The molecule has 1 N–H and O–H groups in total. The van der Waals surface area contributed by atoms with Crippen LogP contribution in [0.3, 0.4) is 0 Å². The Bertz CT molecular complexity index is 803. The van der Waals surface area contributed by atoms with Crippen molar-refractivity contribution in [3.8, 4) is 11.4 Å². The van der Waals surface area contributed by atoms with Crippen molar-refractivity contribution in [3.63, 3.8) is 0 Å². The van der Waals surface area contributed by atoms with Crippen LogP contribution in [0.1, 0.15) is 43.6 Å². The van der Waals surface area contributed by atoms with Gasteiger partial charge in [-0.3, -0.25) is 9.59 Å². The van der Waals surface area contributed by atoms with Gasteiger partial charge in [0.05, 0.1) is 24.4 Å². The minimum atomic E-state index is -0.864. The van der Waals surface area contributed by atoms with Crippen LogP contribution in [0.25, 0.3) is 5.69 Å². The zero-order chi connectivity index (χ0) is 19.4. The van der Waals surface area contributed by atoms with Gasteiger partial charge in [0.1, 0.15) is 0 Å². The highest BCUT2D eigenvalue weighted by atomic mass is 16.5. The molecule has 2 atom stereocenters. The number of hydrogen-bond acceptors (Lipinski definition) is 4. The van der Waals surface area contributed by atoms with E-state index in [-0.39, 0.29) is 17.6 Å². The molecule has 0 aliphatic carbocycles. The average molecular weight is 371 g/mol. The normalized spacial score (nSPS) is 19.7. The van der Waals surface area contributed by atoms with E-state index in [1.54, 1.807) is 22.7 Å². The second-order valence-corrected chi connectivity index (χ2v) is 6.80. The van der Waals surface area contributed by atoms with Gasteiger partial charge in [0.2, 0.25) is 0 Å². The van der Waals surface area contributed by atoms with Crippen LogP contribution in [0.2, 0.25) is 0 Å². The maximum absolute atomic E-state index is 13.2. The van der Waals surface area contributed by atoms with Gasteiger partial charge in [0, 0.05) is 12.6 Å². The number of nitrogens with zero attached hydrogens (tertiary/aromatic N) is 3. The van der Waals surface area contributed by atoms with E-state index in [2.05, 4.69) is 5.10 Å². The van der Waals surface area contributed by atoms with Crippen molar-refractivity contribution in [1.82, 2.24) is 14.7 Å². The molecule has 3 rings (SSSR count). The van der Waals surface area contributed by atoms with Crippen molar-refractivity contribution < 1.29 is 19.4 Å². The summed E-state index contributed by atoms with van der Waals surface area (Å²) >= 11 is 0. The molecule has 1 aromatic heterocycles. The fourth-order valence-electron chi connectivity index (χ4n) is 3.43. The SMILES string of the molecule is CCCOc1cn(-c2ccccc2)nc1C(=O)N1CCC[C@H](C(=O)O)[C@@H]1C. The lowest BCUT2D eigenvalue weighted by atomic mass is 9.90. The van der Waals surface area contributed by atoms with Crippen LogP contribution in [0.4, 0.5) is 0 Å². The minimum Gasteiger partial charge on any atom is -0.489 e. The highest BCUT2D eigenvalue weighted by molar-refractivity contribution is 5.95. The predicted molar refractivity (Wildman–Crippen MR) is 100 cm³/mol. The lowest BCUT2D eigenvalue weighted by molar-refractivity contribution is -0.144. The summed E-state index contributed by atoms with van der Waals surface area (Å²) in [5.41, 5.74) is 1.05. The standard InChI is InChI=1S/C20H25N3O4/c1-3-12-27-17-13-23(15-8-5-4-6-9-15)21-18(17)19(24)22-11-7-10-16(14(22)2)20(25)26/h4-6,8-9,13-14,16H,3,7,10-12H2,1-2H3,(H,25,26)/t14-,16-/m0/s1. The lowest BCUT2D eigenvalue weighted by Gasteiger charge is -2.37. The number of para-hydroxylation sites is 1. The molecular formula is C20H25N3O4. The third kappa shape index (κ3) is 3.97. The number of hydrogen-bond donors (Lipinski definition) is 1. The summed E-state index contributed by atoms with van der Waals surface area (Å²) in [6.45, 7) is 4.78. The van der Waals surface area contributed by atoms with Crippen molar-refractivity contribution in [2.45, 2.75) is 39.2 Å². The minimum absolute atomic E-state index is 0.227. The molecule has 1 fully saturated rings. The number of carbonyl (C=O) groups is 2. The molecule has 0 radical (unpaired) electrons. The van der Waals surface area contributed by atoms with Crippen molar-refractivity contribution in [2.75, 3.05) is 13.2 Å². The number of rotatable bonds is 6. The smallest absolute Gasteiger partial charge is 0.308 e. The van der Waals surface area contributed by atoms with Crippen molar-refractivity contribution in [3.05, 3.63) is 42.2 Å². The van der Waals surface area contributed by atoms with Crippen LogP contribution in [0.5, 0.6) is 5.75 Å². The molecule has 1 aromatic carbocycles. The first-order valence-electron chi connectivity index (χ1n) is 9.34. The highest BCUT2D eigenvalue weighted by Crippen LogP contribution is 2.28. The summed E-state index contributed by atoms with van der Waals surface area (Å²) in [6, 6.07) is 9.12.